The van der Waals surface area contributed by atoms with Crippen LogP contribution in [0.25, 0.3) is 11.1 Å². The quantitative estimate of drug-likeness (QED) is 0.881. The largest absolute Gasteiger partial charge is 0.497 e. The van der Waals surface area contributed by atoms with Gasteiger partial charge >= 0.3 is 0 Å². The zero-order chi connectivity index (χ0) is 12.3. The molecule has 0 bridgehead atoms. The summed E-state index contributed by atoms with van der Waals surface area (Å²) in [5.74, 6) is 0.430. The van der Waals surface area contributed by atoms with Gasteiger partial charge in [0.15, 0.2) is 0 Å². The van der Waals surface area contributed by atoms with E-state index in [2.05, 4.69) is 0 Å². The Morgan fingerprint density at radius 3 is 2.41 bits per heavy atom. The van der Waals surface area contributed by atoms with Gasteiger partial charge in [-0.15, -0.1) is 0 Å². The van der Waals surface area contributed by atoms with Crippen molar-refractivity contribution in [2.45, 2.75) is 6.61 Å². The SMILES string of the molecule is COc1ccc(-c2cc(CO)ccc2F)cc1. The zero-order valence-electron chi connectivity index (χ0n) is 9.48. The summed E-state index contributed by atoms with van der Waals surface area (Å²) < 4.78 is 18.7. The van der Waals surface area contributed by atoms with Crippen LogP contribution in [-0.2, 0) is 6.61 Å². The third kappa shape index (κ3) is 2.45. The number of halogens is 1. The van der Waals surface area contributed by atoms with Gasteiger partial charge in [0.25, 0.3) is 0 Å². The zero-order valence-corrected chi connectivity index (χ0v) is 9.48. The van der Waals surface area contributed by atoms with Crippen LogP contribution in [0.5, 0.6) is 5.75 Å². The number of aliphatic hydroxyl groups excluding tert-OH is 1. The molecule has 0 aliphatic rings. The van der Waals surface area contributed by atoms with Gasteiger partial charge in [-0.1, -0.05) is 18.2 Å². The number of rotatable bonds is 3. The predicted octanol–water partition coefficient (Wildman–Crippen LogP) is 2.99. The minimum absolute atomic E-state index is 0.0938. The molecule has 1 N–H and O–H groups in total. The lowest BCUT2D eigenvalue weighted by Gasteiger charge is -2.06. The van der Waals surface area contributed by atoms with Crippen molar-refractivity contribution < 1.29 is 14.2 Å². The first-order chi connectivity index (χ1) is 8.24. The molecular formula is C14H13FO2. The van der Waals surface area contributed by atoms with E-state index in [0.717, 1.165) is 11.3 Å². The first kappa shape index (κ1) is 11.6. The summed E-state index contributed by atoms with van der Waals surface area (Å²) in [6, 6.07) is 11.7. The summed E-state index contributed by atoms with van der Waals surface area (Å²) in [4.78, 5) is 0. The Hall–Kier alpha value is -1.87. The topological polar surface area (TPSA) is 29.5 Å². The summed E-state index contributed by atoms with van der Waals surface area (Å²) >= 11 is 0. The molecule has 17 heavy (non-hydrogen) atoms. The summed E-state index contributed by atoms with van der Waals surface area (Å²) in [5, 5.41) is 9.04. The van der Waals surface area contributed by atoms with Gasteiger partial charge in [0, 0.05) is 5.56 Å². The van der Waals surface area contributed by atoms with Gasteiger partial charge in [-0.3, -0.25) is 0 Å². The molecule has 0 aliphatic carbocycles. The van der Waals surface area contributed by atoms with Crippen molar-refractivity contribution in [3.05, 3.63) is 53.8 Å². The number of hydrogen-bond acceptors (Lipinski definition) is 2. The van der Waals surface area contributed by atoms with Crippen LogP contribution >= 0.6 is 0 Å². The molecule has 2 aromatic rings. The summed E-state index contributed by atoms with van der Waals surface area (Å²) in [6.45, 7) is -0.0938. The maximum Gasteiger partial charge on any atom is 0.131 e. The van der Waals surface area contributed by atoms with Crippen LogP contribution < -0.4 is 4.74 Å². The van der Waals surface area contributed by atoms with Crippen molar-refractivity contribution in [2.75, 3.05) is 7.11 Å². The van der Waals surface area contributed by atoms with Crippen molar-refractivity contribution >= 4 is 0 Å². The van der Waals surface area contributed by atoms with E-state index >= 15 is 0 Å². The Balaban J connectivity index is 2.43. The van der Waals surface area contributed by atoms with Gasteiger partial charge in [0.1, 0.15) is 11.6 Å². The molecule has 0 heterocycles. The first-order valence-electron chi connectivity index (χ1n) is 5.28. The van der Waals surface area contributed by atoms with E-state index in [1.807, 2.05) is 0 Å². The third-order valence-corrected chi connectivity index (χ3v) is 2.61. The average Bonchev–Trinajstić information content (AvgIpc) is 2.39. The molecule has 0 spiro atoms. The highest BCUT2D eigenvalue weighted by molar-refractivity contribution is 5.65. The second kappa shape index (κ2) is 4.97. The minimum atomic E-state index is -0.299. The Morgan fingerprint density at radius 2 is 1.82 bits per heavy atom. The van der Waals surface area contributed by atoms with Gasteiger partial charge in [0.2, 0.25) is 0 Å². The van der Waals surface area contributed by atoms with E-state index in [4.69, 9.17) is 9.84 Å². The second-order valence-corrected chi connectivity index (χ2v) is 3.70. The molecule has 0 aliphatic heterocycles. The van der Waals surface area contributed by atoms with Gasteiger partial charge in [0.05, 0.1) is 13.7 Å². The van der Waals surface area contributed by atoms with Gasteiger partial charge in [-0.05, 0) is 35.4 Å². The number of methoxy groups -OCH3 is 1. The summed E-state index contributed by atoms with van der Waals surface area (Å²) in [7, 11) is 1.59. The van der Waals surface area contributed by atoms with E-state index in [-0.39, 0.29) is 12.4 Å². The third-order valence-electron chi connectivity index (χ3n) is 2.61. The van der Waals surface area contributed by atoms with Crippen LogP contribution in [0.4, 0.5) is 4.39 Å². The fourth-order valence-corrected chi connectivity index (χ4v) is 1.66. The normalized spacial score (nSPS) is 10.3. The van der Waals surface area contributed by atoms with Crippen LogP contribution in [0.3, 0.4) is 0 Å². The molecule has 0 aromatic heterocycles. The fourth-order valence-electron chi connectivity index (χ4n) is 1.66. The number of benzene rings is 2. The number of aliphatic hydroxyl groups is 1. The van der Waals surface area contributed by atoms with Crippen LogP contribution in [0.1, 0.15) is 5.56 Å². The molecule has 0 amide bonds. The highest BCUT2D eigenvalue weighted by atomic mass is 19.1. The smallest absolute Gasteiger partial charge is 0.131 e. The van der Waals surface area contributed by atoms with Crippen LogP contribution in [-0.4, -0.2) is 12.2 Å². The van der Waals surface area contributed by atoms with E-state index < -0.39 is 0 Å². The van der Waals surface area contributed by atoms with Crippen molar-refractivity contribution in [2.24, 2.45) is 0 Å². The molecule has 0 atom stereocenters. The molecule has 88 valence electrons. The molecule has 0 radical (unpaired) electrons. The Bertz CT molecular complexity index is 506. The number of hydrogen-bond donors (Lipinski definition) is 1. The average molecular weight is 232 g/mol. The van der Waals surface area contributed by atoms with Crippen molar-refractivity contribution in [3.63, 3.8) is 0 Å². The molecule has 0 saturated heterocycles. The van der Waals surface area contributed by atoms with E-state index in [0.29, 0.717) is 11.1 Å². The van der Waals surface area contributed by atoms with Crippen molar-refractivity contribution in [1.29, 1.82) is 0 Å². The van der Waals surface area contributed by atoms with Gasteiger partial charge in [-0.25, -0.2) is 4.39 Å². The standard InChI is InChI=1S/C14H13FO2/c1-17-12-5-3-11(4-6-12)13-8-10(9-16)2-7-14(13)15/h2-8,16H,9H2,1H3. The summed E-state index contributed by atoms with van der Waals surface area (Å²) in [6.07, 6.45) is 0. The monoisotopic (exact) mass is 232 g/mol. The van der Waals surface area contributed by atoms with E-state index in [1.165, 1.54) is 6.07 Å². The van der Waals surface area contributed by atoms with Crippen LogP contribution in [0.2, 0.25) is 0 Å². The van der Waals surface area contributed by atoms with Gasteiger partial charge < -0.3 is 9.84 Å². The summed E-state index contributed by atoms with van der Waals surface area (Å²) in [5.41, 5.74) is 1.94. The Labute approximate surface area is 99.3 Å². The first-order valence-corrected chi connectivity index (χ1v) is 5.28. The minimum Gasteiger partial charge on any atom is -0.497 e. The molecule has 3 heteroatoms. The molecule has 2 aromatic carbocycles. The molecule has 0 saturated carbocycles. The van der Waals surface area contributed by atoms with Crippen molar-refractivity contribution in [1.82, 2.24) is 0 Å². The molecule has 2 nitrogen and oxygen atoms in total. The van der Waals surface area contributed by atoms with Crippen molar-refractivity contribution in [3.8, 4) is 16.9 Å². The van der Waals surface area contributed by atoms with Gasteiger partial charge in [-0.2, -0.15) is 0 Å². The maximum atomic E-state index is 13.7. The van der Waals surface area contributed by atoms with Crippen LogP contribution in [0.15, 0.2) is 42.5 Å². The van der Waals surface area contributed by atoms with E-state index in [9.17, 15) is 4.39 Å². The lowest BCUT2D eigenvalue weighted by Crippen LogP contribution is -1.89. The highest BCUT2D eigenvalue weighted by Crippen LogP contribution is 2.26. The number of ether oxygens (including phenoxy) is 1. The molecule has 0 fully saturated rings. The maximum absolute atomic E-state index is 13.7. The predicted molar refractivity (Wildman–Crippen MR) is 64.3 cm³/mol. The Kier molecular flexibility index (Phi) is 3.40. The van der Waals surface area contributed by atoms with Crippen LogP contribution in [0, 0.1) is 5.82 Å². The Morgan fingerprint density at radius 1 is 1.12 bits per heavy atom. The molecule has 2 rings (SSSR count). The highest BCUT2D eigenvalue weighted by Gasteiger charge is 2.06. The molecule has 0 unspecified atom stereocenters. The second-order valence-electron chi connectivity index (χ2n) is 3.70. The lowest BCUT2D eigenvalue weighted by atomic mass is 10.0. The van der Waals surface area contributed by atoms with E-state index in [1.54, 1.807) is 43.5 Å². The molecular weight excluding hydrogens is 219 g/mol. The lowest BCUT2D eigenvalue weighted by molar-refractivity contribution is 0.282. The fraction of sp³-hybridized carbons (Fsp3) is 0.143.